The summed E-state index contributed by atoms with van der Waals surface area (Å²) in [5, 5.41) is 30.0. The standard InChI is InChI=1S/C24H32O7/c1-24(2)30-20(16-28-14-17-9-5-3-6-10-17)22(23(31-24)21(27)19(26)13-25)29-15-18-11-7-4-8-12-18/h3-12,19-23,25-27H,13-16H2,1-2H3/t19-,20+,21+,22+,23-/m0/s1. The van der Waals surface area contributed by atoms with Crippen molar-refractivity contribution in [2.45, 2.75) is 63.4 Å². The van der Waals surface area contributed by atoms with Crippen LogP contribution in [0.4, 0.5) is 0 Å². The predicted molar refractivity (Wildman–Crippen MR) is 114 cm³/mol. The first-order valence-electron chi connectivity index (χ1n) is 10.5. The molecule has 31 heavy (non-hydrogen) atoms. The van der Waals surface area contributed by atoms with Crippen LogP contribution in [0.25, 0.3) is 0 Å². The van der Waals surface area contributed by atoms with Gasteiger partial charge in [0.2, 0.25) is 0 Å². The first-order valence-corrected chi connectivity index (χ1v) is 10.5. The Balaban J connectivity index is 1.75. The van der Waals surface area contributed by atoms with Crippen LogP contribution in [0.15, 0.2) is 60.7 Å². The maximum absolute atomic E-state index is 10.7. The van der Waals surface area contributed by atoms with Crippen LogP contribution in [0.1, 0.15) is 25.0 Å². The monoisotopic (exact) mass is 432 g/mol. The quantitative estimate of drug-likeness (QED) is 0.528. The molecular weight excluding hydrogens is 400 g/mol. The molecule has 0 saturated carbocycles. The summed E-state index contributed by atoms with van der Waals surface area (Å²) in [4.78, 5) is 0. The van der Waals surface area contributed by atoms with Crippen molar-refractivity contribution in [3.8, 4) is 0 Å². The lowest BCUT2D eigenvalue weighted by Gasteiger charge is -2.47. The molecule has 170 valence electrons. The fourth-order valence-corrected chi connectivity index (χ4v) is 3.62. The lowest BCUT2D eigenvalue weighted by Crippen LogP contribution is -2.62. The number of aliphatic hydroxyl groups is 3. The highest BCUT2D eigenvalue weighted by atomic mass is 16.7. The van der Waals surface area contributed by atoms with E-state index in [0.717, 1.165) is 11.1 Å². The van der Waals surface area contributed by atoms with Crippen molar-refractivity contribution in [3.63, 3.8) is 0 Å². The highest BCUT2D eigenvalue weighted by molar-refractivity contribution is 5.14. The summed E-state index contributed by atoms with van der Waals surface area (Å²) in [6.07, 6.45) is -4.92. The van der Waals surface area contributed by atoms with Gasteiger partial charge < -0.3 is 34.3 Å². The zero-order valence-electron chi connectivity index (χ0n) is 18.0. The van der Waals surface area contributed by atoms with Gasteiger partial charge in [0.1, 0.15) is 30.5 Å². The molecule has 1 heterocycles. The summed E-state index contributed by atoms with van der Waals surface area (Å²) < 4.78 is 24.0. The largest absolute Gasteiger partial charge is 0.394 e. The van der Waals surface area contributed by atoms with Crippen molar-refractivity contribution in [1.29, 1.82) is 0 Å². The molecule has 7 nitrogen and oxygen atoms in total. The molecule has 1 fully saturated rings. The molecule has 0 spiro atoms. The maximum Gasteiger partial charge on any atom is 0.164 e. The van der Waals surface area contributed by atoms with Crippen LogP contribution in [0.5, 0.6) is 0 Å². The Bertz CT molecular complexity index is 768. The van der Waals surface area contributed by atoms with Gasteiger partial charge in [0.25, 0.3) is 0 Å². The van der Waals surface area contributed by atoms with Gasteiger partial charge in [-0.3, -0.25) is 0 Å². The fraction of sp³-hybridized carbons (Fsp3) is 0.500. The van der Waals surface area contributed by atoms with E-state index < -0.39 is 42.9 Å². The molecule has 3 rings (SSSR count). The van der Waals surface area contributed by atoms with Crippen LogP contribution in [0.3, 0.4) is 0 Å². The van der Waals surface area contributed by atoms with Crippen LogP contribution >= 0.6 is 0 Å². The fourth-order valence-electron chi connectivity index (χ4n) is 3.62. The molecule has 7 heteroatoms. The molecule has 0 radical (unpaired) electrons. The molecule has 0 amide bonds. The van der Waals surface area contributed by atoms with Gasteiger partial charge >= 0.3 is 0 Å². The molecule has 0 aromatic heterocycles. The van der Waals surface area contributed by atoms with E-state index in [-0.39, 0.29) is 13.2 Å². The Kier molecular flexibility index (Phi) is 8.57. The van der Waals surface area contributed by atoms with E-state index in [9.17, 15) is 15.3 Å². The lowest BCUT2D eigenvalue weighted by molar-refractivity contribution is -0.361. The van der Waals surface area contributed by atoms with E-state index in [1.165, 1.54) is 0 Å². The highest BCUT2D eigenvalue weighted by Crippen LogP contribution is 2.32. The van der Waals surface area contributed by atoms with Crippen molar-refractivity contribution in [2.24, 2.45) is 0 Å². The average molecular weight is 433 g/mol. The van der Waals surface area contributed by atoms with E-state index in [2.05, 4.69) is 0 Å². The lowest BCUT2D eigenvalue weighted by atomic mass is 9.96. The zero-order chi connectivity index (χ0) is 22.3. The third-order valence-corrected chi connectivity index (χ3v) is 5.14. The van der Waals surface area contributed by atoms with Crippen molar-refractivity contribution in [1.82, 2.24) is 0 Å². The minimum atomic E-state index is -1.37. The molecule has 2 aromatic rings. The van der Waals surface area contributed by atoms with Gasteiger partial charge in [-0.25, -0.2) is 0 Å². The second-order valence-corrected chi connectivity index (χ2v) is 8.14. The van der Waals surface area contributed by atoms with E-state index in [1.807, 2.05) is 60.7 Å². The zero-order valence-corrected chi connectivity index (χ0v) is 18.0. The van der Waals surface area contributed by atoms with Crippen molar-refractivity contribution < 1.29 is 34.3 Å². The molecule has 3 N–H and O–H groups in total. The van der Waals surface area contributed by atoms with Gasteiger partial charge in [0.05, 0.1) is 26.4 Å². The molecule has 2 aromatic carbocycles. The van der Waals surface area contributed by atoms with Gasteiger partial charge in [-0.05, 0) is 25.0 Å². The van der Waals surface area contributed by atoms with Crippen molar-refractivity contribution in [3.05, 3.63) is 71.8 Å². The van der Waals surface area contributed by atoms with Gasteiger partial charge in [-0.2, -0.15) is 0 Å². The van der Waals surface area contributed by atoms with Crippen LogP contribution in [-0.4, -0.2) is 64.8 Å². The molecule has 1 aliphatic rings. The topological polar surface area (TPSA) is 97.6 Å². The Morgan fingerprint density at radius 3 is 2.06 bits per heavy atom. The Morgan fingerprint density at radius 2 is 1.48 bits per heavy atom. The number of ether oxygens (including phenoxy) is 4. The normalized spacial score (nSPS) is 25.1. The SMILES string of the molecule is CC1(C)O[C@@H]([C@H](O)[C@@H](O)CO)[C@H](OCc2ccccc2)[C@@H](COCc2ccccc2)O1. The molecule has 5 atom stereocenters. The molecule has 0 unspecified atom stereocenters. The predicted octanol–water partition coefficient (Wildman–Crippen LogP) is 2.02. The summed E-state index contributed by atoms with van der Waals surface area (Å²) in [5.41, 5.74) is 1.98. The summed E-state index contributed by atoms with van der Waals surface area (Å²) in [5.74, 6) is -1.03. The minimum Gasteiger partial charge on any atom is -0.394 e. The summed E-state index contributed by atoms with van der Waals surface area (Å²) in [6.45, 7) is 3.75. The first kappa shape index (κ1) is 23.8. The second-order valence-electron chi connectivity index (χ2n) is 8.14. The maximum atomic E-state index is 10.7. The summed E-state index contributed by atoms with van der Waals surface area (Å²) >= 11 is 0. The van der Waals surface area contributed by atoms with E-state index in [0.29, 0.717) is 6.61 Å². The molecule has 1 saturated heterocycles. The Morgan fingerprint density at radius 1 is 0.903 bits per heavy atom. The van der Waals surface area contributed by atoms with Crippen molar-refractivity contribution >= 4 is 0 Å². The van der Waals surface area contributed by atoms with Crippen LogP contribution in [0.2, 0.25) is 0 Å². The molecule has 0 aliphatic carbocycles. The number of hydrogen-bond donors (Lipinski definition) is 3. The number of hydrogen-bond acceptors (Lipinski definition) is 7. The van der Waals surface area contributed by atoms with Crippen molar-refractivity contribution in [2.75, 3.05) is 13.2 Å². The summed E-state index contributed by atoms with van der Waals surface area (Å²) in [6, 6.07) is 19.4. The Labute approximate surface area is 183 Å². The smallest absolute Gasteiger partial charge is 0.164 e. The third-order valence-electron chi connectivity index (χ3n) is 5.14. The molecule has 0 bridgehead atoms. The van der Waals surface area contributed by atoms with Crippen LogP contribution in [0, 0.1) is 0 Å². The van der Waals surface area contributed by atoms with Gasteiger partial charge in [-0.15, -0.1) is 0 Å². The highest BCUT2D eigenvalue weighted by Gasteiger charge is 2.48. The minimum absolute atomic E-state index is 0.208. The molecule has 1 aliphatic heterocycles. The molecular formula is C24H32O7. The summed E-state index contributed by atoms with van der Waals surface area (Å²) in [7, 11) is 0. The average Bonchev–Trinajstić information content (AvgIpc) is 2.78. The first-order chi connectivity index (χ1) is 14.9. The van der Waals surface area contributed by atoms with E-state index in [1.54, 1.807) is 13.8 Å². The van der Waals surface area contributed by atoms with Gasteiger partial charge in [-0.1, -0.05) is 60.7 Å². The third kappa shape index (κ3) is 6.82. The number of aliphatic hydroxyl groups excluding tert-OH is 3. The van der Waals surface area contributed by atoms with E-state index >= 15 is 0 Å². The van der Waals surface area contributed by atoms with E-state index in [4.69, 9.17) is 18.9 Å². The number of rotatable bonds is 10. The van der Waals surface area contributed by atoms with Crippen LogP contribution in [-0.2, 0) is 32.2 Å². The van der Waals surface area contributed by atoms with Gasteiger partial charge in [0, 0.05) is 0 Å². The Hall–Kier alpha value is -1.84. The van der Waals surface area contributed by atoms with Crippen LogP contribution < -0.4 is 0 Å². The van der Waals surface area contributed by atoms with Gasteiger partial charge in [0.15, 0.2) is 5.79 Å². The second kappa shape index (κ2) is 11.2. The number of benzene rings is 2.